The van der Waals surface area contributed by atoms with Crippen LogP contribution in [0.3, 0.4) is 0 Å². The number of nitrogens with zero attached hydrogens (tertiary/aromatic N) is 4. The van der Waals surface area contributed by atoms with Crippen LogP contribution in [0.2, 0.25) is 0 Å². The molecule has 0 unspecified atom stereocenters. The molecule has 27 heavy (non-hydrogen) atoms. The van der Waals surface area contributed by atoms with Gasteiger partial charge in [-0.1, -0.05) is 0 Å². The monoisotopic (exact) mass is 384 g/mol. The van der Waals surface area contributed by atoms with Crippen LogP contribution in [-0.4, -0.2) is 44.7 Å². The third kappa shape index (κ3) is 3.60. The quantitative estimate of drug-likeness (QED) is 0.798. The number of hydrogen-bond donors (Lipinski definition) is 0. The number of amides is 2. The van der Waals surface area contributed by atoms with Crippen LogP contribution in [0, 0.1) is 6.92 Å². The molecule has 2 aromatic heterocycles. The zero-order valence-electron chi connectivity index (χ0n) is 15.8. The van der Waals surface area contributed by atoms with Crippen LogP contribution in [-0.2, 0) is 17.8 Å². The minimum atomic E-state index is -0.0650. The largest absolute Gasteiger partial charge is 0.338 e. The Morgan fingerprint density at radius 3 is 2.81 bits per heavy atom. The second-order valence-electron chi connectivity index (χ2n) is 7.31. The van der Waals surface area contributed by atoms with Crippen molar-refractivity contribution in [2.75, 3.05) is 13.1 Å². The lowest BCUT2D eigenvalue weighted by molar-refractivity contribution is -0.129. The Kier molecular flexibility index (Phi) is 4.95. The van der Waals surface area contributed by atoms with Gasteiger partial charge >= 0.3 is 0 Å². The van der Waals surface area contributed by atoms with E-state index in [1.165, 1.54) is 0 Å². The summed E-state index contributed by atoms with van der Waals surface area (Å²) in [7, 11) is 0. The van der Waals surface area contributed by atoms with Gasteiger partial charge in [0.15, 0.2) is 5.82 Å². The number of rotatable bonds is 2. The predicted molar refractivity (Wildman–Crippen MR) is 104 cm³/mol. The minimum absolute atomic E-state index is 0.0650. The molecule has 4 heterocycles. The maximum absolute atomic E-state index is 13.0. The molecular weight excluding hydrogens is 360 g/mol. The molecule has 1 saturated heterocycles. The van der Waals surface area contributed by atoms with E-state index in [0.717, 1.165) is 59.1 Å². The van der Waals surface area contributed by atoms with Crippen molar-refractivity contribution in [3.05, 3.63) is 45.2 Å². The number of aryl methyl sites for hydroxylation is 1. The molecule has 0 saturated carbocycles. The lowest BCUT2D eigenvalue weighted by atomic mass is 10.00. The van der Waals surface area contributed by atoms with Crippen molar-refractivity contribution < 1.29 is 9.59 Å². The van der Waals surface area contributed by atoms with E-state index < -0.39 is 0 Å². The van der Waals surface area contributed by atoms with Gasteiger partial charge in [0.1, 0.15) is 0 Å². The van der Waals surface area contributed by atoms with Gasteiger partial charge in [-0.2, -0.15) is 0 Å². The van der Waals surface area contributed by atoms with Crippen molar-refractivity contribution >= 4 is 23.2 Å². The molecule has 2 aliphatic rings. The van der Waals surface area contributed by atoms with E-state index >= 15 is 0 Å². The van der Waals surface area contributed by atoms with Gasteiger partial charge < -0.3 is 9.80 Å². The Hall–Kier alpha value is -2.28. The van der Waals surface area contributed by atoms with E-state index in [2.05, 4.69) is 4.98 Å². The molecule has 1 atom stereocenters. The van der Waals surface area contributed by atoms with Gasteiger partial charge in [-0.05, 0) is 38.3 Å². The first-order chi connectivity index (χ1) is 13.0. The van der Waals surface area contributed by atoms with Gasteiger partial charge in [-0.3, -0.25) is 9.59 Å². The minimum Gasteiger partial charge on any atom is -0.338 e. The maximum Gasteiger partial charge on any atom is 0.264 e. The molecule has 0 N–H and O–H groups in total. The van der Waals surface area contributed by atoms with E-state index in [0.29, 0.717) is 13.1 Å². The third-order valence-corrected chi connectivity index (χ3v) is 6.40. The normalized spacial score (nSPS) is 19.7. The molecule has 0 aliphatic carbocycles. The second kappa shape index (κ2) is 7.38. The molecule has 7 heteroatoms. The number of hydrogen-bond acceptors (Lipinski definition) is 5. The van der Waals surface area contributed by atoms with Crippen LogP contribution in [0.15, 0.2) is 18.3 Å². The highest BCUT2D eigenvalue weighted by Gasteiger charge is 2.32. The van der Waals surface area contributed by atoms with Crippen LogP contribution >= 0.6 is 11.3 Å². The fraction of sp³-hybridized carbons (Fsp3) is 0.500. The van der Waals surface area contributed by atoms with E-state index in [1.54, 1.807) is 18.3 Å². The highest BCUT2D eigenvalue weighted by atomic mass is 32.1. The molecule has 1 fully saturated rings. The summed E-state index contributed by atoms with van der Waals surface area (Å²) in [6.45, 7) is 5.64. The third-order valence-electron chi connectivity index (χ3n) is 5.41. The smallest absolute Gasteiger partial charge is 0.264 e. The van der Waals surface area contributed by atoms with Gasteiger partial charge in [0, 0.05) is 49.6 Å². The highest BCUT2D eigenvalue weighted by Crippen LogP contribution is 2.32. The number of aromatic nitrogens is 2. The Morgan fingerprint density at radius 1 is 1.22 bits per heavy atom. The predicted octanol–water partition coefficient (Wildman–Crippen LogP) is 3.12. The van der Waals surface area contributed by atoms with Crippen LogP contribution in [0.1, 0.15) is 63.9 Å². The fourth-order valence-corrected chi connectivity index (χ4v) is 4.72. The molecule has 4 rings (SSSR count). The van der Waals surface area contributed by atoms with E-state index in [-0.39, 0.29) is 17.9 Å². The summed E-state index contributed by atoms with van der Waals surface area (Å²) >= 11 is 1.54. The van der Waals surface area contributed by atoms with E-state index in [9.17, 15) is 9.59 Å². The first-order valence-corrected chi connectivity index (χ1v) is 10.3. The molecule has 2 aliphatic heterocycles. The van der Waals surface area contributed by atoms with E-state index in [4.69, 9.17) is 4.98 Å². The van der Waals surface area contributed by atoms with Crippen molar-refractivity contribution in [3.63, 3.8) is 0 Å². The van der Waals surface area contributed by atoms with Crippen LogP contribution in [0.25, 0.3) is 0 Å². The van der Waals surface area contributed by atoms with Crippen molar-refractivity contribution in [1.29, 1.82) is 0 Å². The number of carbonyl (C=O) groups excluding carboxylic acids is 2. The first kappa shape index (κ1) is 18.1. The zero-order valence-corrected chi connectivity index (χ0v) is 16.6. The topological polar surface area (TPSA) is 66.4 Å². The number of piperidine rings is 1. The summed E-state index contributed by atoms with van der Waals surface area (Å²) in [6, 6.07) is 3.84. The molecule has 0 aromatic carbocycles. The number of carbonyl (C=O) groups is 2. The molecule has 142 valence electrons. The van der Waals surface area contributed by atoms with Crippen LogP contribution in [0.4, 0.5) is 0 Å². The standard InChI is InChI=1S/C20H24N4O2S/c1-13-6-7-18(27-13)20(26)24-9-4-3-5-17(24)19-21-11-15-12-23(14(2)25)10-8-16(15)22-19/h6-7,11,17H,3-5,8-10,12H2,1-2H3/t17-/m0/s1. The number of thiophene rings is 1. The summed E-state index contributed by atoms with van der Waals surface area (Å²) < 4.78 is 0. The van der Waals surface area contributed by atoms with Crippen molar-refractivity contribution in [3.8, 4) is 0 Å². The number of fused-ring (bicyclic) bond motifs is 1. The van der Waals surface area contributed by atoms with Gasteiger partial charge in [-0.25, -0.2) is 9.97 Å². The van der Waals surface area contributed by atoms with Crippen LogP contribution in [0.5, 0.6) is 0 Å². The molecule has 0 radical (unpaired) electrons. The average Bonchev–Trinajstić information content (AvgIpc) is 3.13. The lowest BCUT2D eigenvalue weighted by Gasteiger charge is -2.35. The summed E-state index contributed by atoms with van der Waals surface area (Å²) in [6.07, 6.45) is 5.59. The Morgan fingerprint density at radius 2 is 2.07 bits per heavy atom. The Labute approximate surface area is 163 Å². The highest BCUT2D eigenvalue weighted by molar-refractivity contribution is 7.13. The molecule has 0 spiro atoms. The van der Waals surface area contributed by atoms with Gasteiger partial charge in [0.25, 0.3) is 5.91 Å². The van der Waals surface area contributed by atoms with Crippen molar-refractivity contribution in [2.45, 2.75) is 52.1 Å². The van der Waals surface area contributed by atoms with Crippen molar-refractivity contribution in [2.24, 2.45) is 0 Å². The van der Waals surface area contributed by atoms with Gasteiger partial charge in [0.2, 0.25) is 5.91 Å². The molecule has 2 aromatic rings. The van der Waals surface area contributed by atoms with E-state index in [1.807, 2.05) is 35.1 Å². The first-order valence-electron chi connectivity index (χ1n) is 9.50. The summed E-state index contributed by atoms with van der Waals surface area (Å²) in [5.41, 5.74) is 2.03. The van der Waals surface area contributed by atoms with Gasteiger partial charge in [-0.15, -0.1) is 11.3 Å². The SMILES string of the molecule is CC(=O)N1CCc2nc([C@@H]3CCCCN3C(=O)c3ccc(C)s3)ncc2C1. The average molecular weight is 385 g/mol. The maximum atomic E-state index is 13.0. The van der Waals surface area contributed by atoms with Crippen LogP contribution < -0.4 is 0 Å². The fourth-order valence-electron chi connectivity index (χ4n) is 3.89. The second-order valence-corrected chi connectivity index (χ2v) is 8.60. The van der Waals surface area contributed by atoms with Gasteiger partial charge in [0.05, 0.1) is 16.6 Å². The summed E-state index contributed by atoms with van der Waals surface area (Å²) in [5, 5.41) is 0. The Bertz CT molecular complexity index is 879. The number of likely N-dealkylation sites (tertiary alicyclic amines) is 1. The molecular formula is C20H24N4O2S. The zero-order chi connectivity index (χ0) is 19.0. The molecule has 2 amide bonds. The lowest BCUT2D eigenvalue weighted by Crippen LogP contribution is -2.39. The summed E-state index contributed by atoms with van der Waals surface area (Å²) in [4.78, 5) is 39.8. The summed E-state index contributed by atoms with van der Waals surface area (Å²) in [5.74, 6) is 0.910. The molecule has 6 nitrogen and oxygen atoms in total. The van der Waals surface area contributed by atoms with Crippen molar-refractivity contribution in [1.82, 2.24) is 19.8 Å². The Balaban J connectivity index is 1.59. The molecule has 0 bridgehead atoms.